The summed E-state index contributed by atoms with van der Waals surface area (Å²) in [6.45, 7) is 4.12. The minimum absolute atomic E-state index is 0.00265. The molecule has 1 amide bonds. The number of carbonyl (C=O) groups is 1. The number of thiophene rings is 1. The molecule has 28 heavy (non-hydrogen) atoms. The average molecular weight is 396 g/mol. The molecule has 5 nitrogen and oxygen atoms in total. The van der Waals surface area contributed by atoms with E-state index in [2.05, 4.69) is 53.4 Å². The Morgan fingerprint density at radius 2 is 2.07 bits per heavy atom. The van der Waals surface area contributed by atoms with Crippen molar-refractivity contribution < 1.29 is 4.79 Å². The number of hydrogen-bond acceptors (Lipinski definition) is 4. The molecule has 0 bridgehead atoms. The maximum absolute atomic E-state index is 12.5. The van der Waals surface area contributed by atoms with Crippen molar-refractivity contribution in [1.29, 1.82) is 0 Å². The number of aromatic amines is 1. The van der Waals surface area contributed by atoms with Crippen LogP contribution < -0.4 is 10.9 Å². The number of amides is 1. The lowest BCUT2D eigenvalue weighted by molar-refractivity contribution is -0.121. The standard InChI is InChI=1S/C22H25N3O2S/c1-3-16(14-9-7-13(2)8-10-14)23-19(26)12-11-18-24-21(27)20-15-5-4-6-17(15)28-22(20)25-18/h7-10,16H,3-6,11-12H2,1-2H3,(H,23,26)(H,24,25,27)/t16-/m0/s1. The van der Waals surface area contributed by atoms with Crippen LogP contribution in [0.5, 0.6) is 0 Å². The highest BCUT2D eigenvalue weighted by molar-refractivity contribution is 7.18. The smallest absolute Gasteiger partial charge is 0.259 e. The molecular formula is C22H25N3O2S. The molecule has 4 rings (SSSR count). The van der Waals surface area contributed by atoms with Crippen molar-refractivity contribution >= 4 is 27.5 Å². The monoisotopic (exact) mass is 395 g/mol. The maximum atomic E-state index is 12.5. The van der Waals surface area contributed by atoms with Gasteiger partial charge in [-0.3, -0.25) is 9.59 Å². The zero-order valence-corrected chi connectivity index (χ0v) is 17.1. The van der Waals surface area contributed by atoms with Gasteiger partial charge in [-0.2, -0.15) is 0 Å². The van der Waals surface area contributed by atoms with Crippen LogP contribution in [0.4, 0.5) is 0 Å². The van der Waals surface area contributed by atoms with Gasteiger partial charge in [0.15, 0.2) is 0 Å². The topological polar surface area (TPSA) is 74.8 Å². The fourth-order valence-corrected chi connectivity index (χ4v) is 5.16. The molecule has 1 aliphatic rings. The highest BCUT2D eigenvalue weighted by atomic mass is 32.1. The molecule has 2 aromatic heterocycles. The number of fused-ring (bicyclic) bond motifs is 3. The normalized spacial score (nSPS) is 14.2. The van der Waals surface area contributed by atoms with E-state index >= 15 is 0 Å². The van der Waals surface area contributed by atoms with Crippen LogP contribution in [0.15, 0.2) is 29.1 Å². The number of nitrogens with zero attached hydrogens (tertiary/aromatic N) is 1. The molecule has 0 saturated heterocycles. The van der Waals surface area contributed by atoms with Gasteiger partial charge >= 0.3 is 0 Å². The van der Waals surface area contributed by atoms with Gasteiger partial charge in [0.1, 0.15) is 10.7 Å². The van der Waals surface area contributed by atoms with Gasteiger partial charge in [0.2, 0.25) is 5.91 Å². The molecule has 146 valence electrons. The second-order valence-electron chi connectivity index (χ2n) is 7.49. The molecule has 0 radical (unpaired) electrons. The lowest BCUT2D eigenvalue weighted by atomic mass is 10.0. The van der Waals surface area contributed by atoms with Crippen molar-refractivity contribution in [3.8, 4) is 0 Å². The summed E-state index contributed by atoms with van der Waals surface area (Å²) in [5.41, 5.74) is 3.44. The van der Waals surface area contributed by atoms with Gasteiger partial charge in [0.05, 0.1) is 11.4 Å². The van der Waals surface area contributed by atoms with Gasteiger partial charge < -0.3 is 10.3 Å². The van der Waals surface area contributed by atoms with E-state index in [0.717, 1.165) is 41.5 Å². The molecule has 1 aromatic carbocycles. The van der Waals surface area contributed by atoms with Gasteiger partial charge in [-0.15, -0.1) is 11.3 Å². The first-order valence-electron chi connectivity index (χ1n) is 9.94. The van der Waals surface area contributed by atoms with E-state index < -0.39 is 0 Å². The zero-order chi connectivity index (χ0) is 19.7. The Labute approximate surface area is 168 Å². The number of benzene rings is 1. The predicted octanol–water partition coefficient (Wildman–Crippen LogP) is 3.98. The lowest BCUT2D eigenvalue weighted by Gasteiger charge is -2.17. The van der Waals surface area contributed by atoms with Crippen molar-refractivity contribution in [3.63, 3.8) is 0 Å². The van der Waals surface area contributed by atoms with Crippen molar-refractivity contribution in [2.45, 2.75) is 58.4 Å². The summed E-state index contributed by atoms with van der Waals surface area (Å²) in [6.07, 6.45) is 4.71. The van der Waals surface area contributed by atoms with Crippen LogP contribution in [0.2, 0.25) is 0 Å². The highest BCUT2D eigenvalue weighted by Crippen LogP contribution is 2.34. The van der Waals surface area contributed by atoms with E-state index in [1.54, 1.807) is 11.3 Å². The second-order valence-corrected chi connectivity index (χ2v) is 8.57. The molecule has 1 aliphatic carbocycles. The number of carbonyl (C=O) groups excluding carboxylic acids is 1. The van der Waals surface area contributed by atoms with Gasteiger partial charge in [-0.05, 0) is 43.7 Å². The molecule has 0 fully saturated rings. The third kappa shape index (κ3) is 3.74. The Balaban J connectivity index is 1.43. The third-order valence-electron chi connectivity index (χ3n) is 5.44. The number of hydrogen-bond donors (Lipinski definition) is 2. The Bertz CT molecular complexity index is 1070. The fraction of sp³-hybridized carbons (Fsp3) is 0.409. The van der Waals surface area contributed by atoms with Crippen LogP contribution in [-0.2, 0) is 24.1 Å². The van der Waals surface area contributed by atoms with E-state index in [1.807, 2.05) is 0 Å². The summed E-state index contributed by atoms with van der Waals surface area (Å²) in [6, 6.07) is 8.25. The first kappa shape index (κ1) is 18.9. The van der Waals surface area contributed by atoms with E-state index in [9.17, 15) is 9.59 Å². The molecule has 6 heteroatoms. The number of aromatic nitrogens is 2. The molecule has 0 spiro atoms. The third-order valence-corrected chi connectivity index (χ3v) is 6.62. The van der Waals surface area contributed by atoms with Crippen LogP contribution in [0.1, 0.15) is 59.6 Å². The molecule has 0 aliphatic heterocycles. The van der Waals surface area contributed by atoms with Gasteiger partial charge in [0, 0.05) is 17.7 Å². The summed E-state index contributed by atoms with van der Waals surface area (Å²) in [7, 11) is 0. The highest BCUT2D eigenvalue weighted by Gasteiger charge is 2.21. The summed E-state index contributed by atoms with van der Waals surface area (Å²) in [5, 5.41) is 3.86. The summed E-state index contributed by atoms with van der Waals surface area (Å²) in [4.78, 5) is 34.6. The molecule has 2 N–H and O–H groups in total. The Morgan fingerprint density at radius 1 is 1.29 bits per heavy atom. The summed E-state index contributed by atoms with van der Waals surface area (Å²) in [5.74, 6) is 0.569. The Kier molecular flexibility index (Phi) is 5.31. The molecule has 2 heterocycles. The minimum atomic E-state index is -0.0640. The summed E-state index contributed by atoms with van der Waals surface area (Å²) >= 11 is 1.63. The van der Waals surface area contributed by atoms with Crippen LogP contribution in [0, 0.1) is 6.92 Å². The van der Waals surface area contributed by atoms with Crippen molar-refractivity contribution in [1.82, 2.24) is 15.3 Å². The quantitative estimate of drug-likeness (QED) is 0.663. The van der Waals surface area contributed by atoms with Crippen LogP contribution in [0.25, 0.3) is 10.2 Å². The van der Waals surface area contributed by atoms with E-state index in [0.29, 0.717) is 18.7 Å². The molecule has 3 aromatic rings. The molecule has 0 saturated carbocycles. The Hall–Kier alpha value is -2.47. The van der Waals surface area contributed by atoms with Crippen molar-refractivity contribution in [2.24, 2.45) is 0 Å². The van der Waals surface area contributed by atoms with E-state index in [4.69, 9.17) is 0 Å². The molecule has 1 atom stereocenters. The minimum Gasteiger partial charge on any atom is -0.349 e. The number of H-pyrrole nitrogens is 1. The largest absolute Gasteiger partial charge is 0.349 e. The predicted molar refractivity (Wildman–Crippen MR) is 113 cm³/mol. The fourth-order valence-electron chi connectivity index (χ4n) is 3.88. The number of nitrogens with one attached hydrogen (secondary N) is 2. The van der Waals surface area contributed by atoms with Gasteiger partial charge in [0.25, 0.3) is 5.56 Å². The average Bonchev–Trinajstić information content (AvgIpc) is 3.26. The van der Waals surface area contributed by atoms with Crippen LogP contribution in [-0.4, -0.2) is 15.9 Å². The molecule has 0 unspecified atom stereocenters. The number of aryl methyl sites for hydroxylation is 4. The van der Waals surface area contributed by atoms with Crippen molar-refractivity contribution in [3.05, 3.63) is 62.0 Å². The second kappa shape index (κ2) is 7.87. The summed E-state index contributed by atoms with van der Waals surface area (Å²) < 4.78 is 0. The van der Waals surface area contributed by atoms with Crippen molar-refractivity contribution in [2.75, 3.05) is 0 Å². The molecular weight excluding hydrogens is 370 g/mol. The lowest BCUT2D eigenvalue weighted by Crippen LogP contribution is -2.28. The SMILES string of the molecule is CC[C@H](NC(=O)CCc1nc2sc3c(c2c(=O)[nH]1)CCC3)c1ccc(C)cc1. The van der Waals surface area contributed by atoms with Crippen LogP contribution >= 0.6 is 11.3 Å². The van der Waals surface area contributed by atoms with E-state index in [1.165, 1.54) is 16.0 Å². The van der Waals surface area contributed by atoms with Crippen LogP contribution in [0.3, 0.4) is 0 Å². The zero-order valence-electron chi connectivity index (χ0n) is 16.3. The first-order valence-corrected chi connectivity index (χ1v) is 10.8. The maximum Gasteiger partial charge on any atom is 0.259 e. The van der Waals surface area contributed by atoms with E-state index in [-0.39, 0.29) is 17.5 Å². The number of rotatable bonds is 6. The Morgan fingerprint density at radius 3 is 2.82 bits per heavy atom. The van der Waals surface area contributed by atoms with Gasteiger partial charge in [-0.1, -0.05) is 36.8 Å². The van der Waals surface area contributed by atoms with Gasteiger partial charge in [-0.25, -0.2) is 4.98 Å². The first-order chi connectivity index (χ1) is 13.5.